The van der Waals surface area contributed by atoms with Gasteiger partial charge in [-0.25, -0.2) is 4.57 Å². The molecule has 0 rings (SSSR count). The number of allylic oxidation sites excluding steroid dienone is 7. The minimum absolute atomic E-state index is 0.0564. The molecule has 0 aromatic rings. The Labute approximate surface area is 403 Å². The quantitative estimate of drug-likeness (QED) is 0.0243. The summed E-state index contributed by atoms with van der Waals surface area (Å²) in [5.74, 6) is -0.187. The molecule has 0 aromatic heterocycles. The number of rotatable bonds is 50. The first kappa shape index (κ1) is 63.5. The van der Waals surface area contributed by atoms with Crippen molar-refractivity contribution in [2.45, 2.75) is 264 Å². The number of quaternary nitrogens is 1. The second-order valence-electron chi connectivity index (χ2n) is 19.9. The monoisotopic (exact) mass is 936 g/mol. The highest BCUT2D eigenvalue weighted by Gasteiger charge is 2.27. The first-order chi connectivity index (χ1) is 31.5. The van der Waals surface area contributed by atoms with Gasteiger partial charge in [0.05, 0.1) is 39.9 Å². The topological polar surface area (TPSA) is 105 Å². The number of phosphoric acid groups is 1. The molecule has 0 bridgehead atoms. The van der Waals surface area contributed by atoms with Crippen molar-refractivity contribution in [2.75, 3.05) is 40.9 Å². The Morgan fingerprint density at radius 2 is 0.892 bits per heavy atom. The molecule has 0 saturated heterocycles. The van der Waals surface area contributed by atoms with E-state index in [9.17, 15) is 19.4 Å². The molecule has 382 valence electrons. The molecule has 9 heteroatoms. The lowest BCUT2D eigenvalue weighted by molar-refractivity contribution is -0.870. The normalized spacial score (nSPS) is 14.4. The minimum atomic E-state index is -4.34. The van der Waals surface area contributed by atoms with Crippen LogP contribution in [0.2, 0.25) is 0 Å². The lowest BCUT2D eigenvalue weighted by Crippen LogP contribution is -2.45. The van der Waals surface area contributed by atoms with E-state index >= 15 is 0 Å². The summed E-state index contributed by atoms with van der Waals surface area (Å²) >= 11 is 0. The molecule has 0 heterocycles. The predicted octanol–water partition coefficient (Wildman–Crippen LogP) is 16.4. The van der Waals surface area contributed by atoms with Gasteiger partial charge in [-0.2, -0.15) is 0 Å². The maximum atomic E-state index is 12.9. The maximum Gasteiger partial charge on any atom is 0.472 e. The number of hydrogen-bond acceptors (Lipinski definition) is 5. The molecule has 0 spiro atoms. The molecule has 3 N–H and O–H groups in total. The fourth-order valence-electron chi connectivity index (χ4n) is 7.91. The molecule has 0 aliphatic heterocycles. The number of likely N-dealkylation sites (N-methyl/N-ethyl adjacent to an activating group) is 1. The smallest absolute Gasteiger partial charge is 0.387 e. The molecule has 0 saturated carbocycles. The molecule has 3 unspecified atom stereocenters. The van der Waals surface area contributed by atoms with E-state index in [1.807, 2.05) is 27.2 Å². The van der Waals surface area contributed by atoms with Crippen LogP contribution in [-0.2, 0) is 18.4 Å². The van der Waals surface area contributed by atoms with Crippen molar-refractivity contribution >= 4 is 13.7 Å². The number of carbonyl (C=O) groups excluding carboxylic acids is 1. The SMILES string of the molecule is CCCCCC/C=C/CC/C=C/C(O)C(COP(=O)(O)OCC[N+](C)(C)C)NC(=O)CCCCCCCCCCCCCCCCCCCCCCC/C=C\C/C=C\CCCCCCC. The summed E-state index contributed by atoms with van der Waals surface area (Å²) < 4.78 is 23.6. The van der Waals surface area contributed by atoms with Gasteiger partial charge in [-0.3, -0.25) is 13.8 Å². The molecular weight excluding hydrogens is 828 g/mol. The van der Waals surface area contributed by atoms with Crippen LogP contribution in [0.1, 0.15) is 251 Å². The van der Waals surface area contributed by atoms with E-state index in [0.29, 0.717) is 17.4 Å². The summed E-state index contributed by atoms with van der Waals surface area (Å²) in [5, 5.41) is 13.8. The van der Waals surface area contributed by atoms with Crippen molar-refractivity contribution in [2.24, 2.45) is 0 Å². The van der Waals surface area contributed by atoms with E-state index < -0.39 is 20.0 Å². The summed E-state index contributed by atoms with van der Waals surface area (Å²) in [6.45, 7) is 4.75. The fourth-order valence-corrected chi connectivity index (χ4v) is 8.65. The molecule has 8 nitrogen and oxygen atoms in total. The second-order valence-corrected chi connectivity index (χ2v) is 21.4. The third-order valence-electron chi connectivity index (χ3n) is 12.3. The van der Waals surface area contributed by atoms with E-state index in [4.69, 9.17) is 9.05 Å². The summed E-state index contributed by atoms with van der Waals surface area (Å²) in [4.78, 5) is 23.2. The van der Waals surface area contributed by atoms with Crippen LogP contribution in [-0.4, -0.2) is 73.4 Å². The molecule has 0 fully saturated rings. The van der Waals surface area contributed by atoms with Gasteiger partial charge in [0.2, 0.25) is 5.91 Å². The molecule has 0 radical (unpaired) electrons. The molecule has 0 aliphatic carbocycles. The average molecular weight is 936 g/mol. The highest BCUT2D eigenvalue weighted by Crippen LogP contribution is 2.43. The van der Waals surface area contributed by atoms with Crippen LogP contribution in [0.5, 0.6) is 0 Å². The Bertz CT molecular complexity index is 1200. The van der Waals surface area contributed by atoms with Crippen LogP contribution in [0.3, 0.4) is 0 Å². The maximum absolute atomic E-state index is 12.9. The number of carbonyl (C=O) groups is 1. The van der Waals surface area contributed by atoms with E-state index in [2.05, 4.69) is 55.6 Å². The Balaban J connectivity index is 3.95. The standard InChI is InChI=1S/C56H107N2O6P/c1-6-8-10-12-14-16-18-19-20-21-22-23-24-25-26-27-28-29-30-31-32-33-34-35-36-37-38-39-40-42-44-46-48-50-56(60)57-54(53-64-65(61,62)63-52-51-58(3,4)5)55(59)49-47-45-43-41-17-15-13-11-9-7-2/h17-19,21-22,41,47,49,54-55,59H,6-16,20,23-40,42-46,48,50-53H2,1-5H3,(H-,57,60,61,62)/p+1/b19-18-,22-21-,41-17+,49-47+. The van der Waals surface area contributed by atoms with Gasteiger partial charge in [-0.15, -0.1) is 0 Å². The number of nitrogens with one attached hydrogen (secondary N) is 1. The van der Waals surface area contributed by atoms with Crippen molar-refractivity contribution in [1.82, 2.24) is 5.32 Å². The van der Waals surface area contributed by atoms with Crippen LogP contribution >= 0.6 is 7.82 Å². The Morgan fingerprint density at radius 1 is 0.523 bits per heavy atom. The number of amides is 1. The van der Waals surface area contributed by atoms with Crippen molar-refractivity contribution in [3.63, 3.8) is 0 Å². The van der Waals surface area contributed by atoms with Crippen LogP contribution < -0.4 is 5.32 Å². The van der Waals surface area contributed by atoms with Gasteiger partial charge in [-0.1, -0.05) is 229 Å². The highest BCUT2D eigenvalue weighted by atomic mass is 31.2. The molecule has 1 amide bonds. The van der Waals surface area contributed by atoms with E-state index in [-0.39, 0.29) is 19.1 Å². The number of hydrogen-bond donors (Lipinski definition) is 3. The summed E-state index contributed by atoms with van der Waals surface area (Å²) in [7, 11) is 1.56. The summed E-state index contributed by atoms with van der Waals surface area (Å²) in [5.41, 5.74) is 0. The van der Waals surface area contributed by atoms with Gasteiger partial charge in [0.1, 0.15) is 13.2 Å². The second kappa shape index (κ2) is 47.5. The summed E-state index contributed by atoms with van der Waals surface area (Å²) in [6.07, 6.45) is 62.4. The van der Waals surface area contributed by atoms with Crippen LogP contribution in [0.4, 0.5) is 0 Å². The first-order valence-electron chi connectivity index (χ1n) is 27.5. The zero-order chi connectivity index (χ0) is 47.8. The Kier molecular flexibility index (Phi) is 46.4. The predicted molar refractivity (Wildman–Crippen MR) is 281 cm³/mol. The number of unbranched alkanes of at least 4 members (excludes halogenated alkanes) is 31. The van der Waals surface area contributed by atoms with Gasteiger partial charge in [0.15, 0.2) is 0 Å². The third kappa shape index (κ3) is 50.2. The zero-order valence-corrected chi connectivity index (χ0v) is 44.4. The van der Waals surface area contributed by atoms with E-state index in [1.54, 1.807) is 6.08 Å². The van der Waals surface area contributed by atoms with Crippen molar-refractivity contribution in [3.05, 3.63) is 48.6 Å². The lowest BCUT2D eigenvalue weighted by atomic mass is 10.0. The molecular formula is C56H108N2O6P+. The molecule has 0 aliphatic rings. The van der Waals surface area contributed by atoms with Crippen LogP contribution in [0, 0.1) is 0 Å². The fraction of sp³-hybridized carbons (Fsp3) is 0.839. The van der Waals surface area contributed by atoms with Gasteiger partial charge in [0.25, 0.3) is 0 Å². The van der Waals surface area contributed by atoms with Crippen molar-refractivity contribution < 1.29 is 32.9 Å². The van der Waals surface area contributed by atoms with Gasteiger partial charge < -0.3 is 19.8 Å². The zero-order valence-electron chi connectivity index (χ0n) is 43.5. The molecule has 0 aromatic carbocycles. The summed E-state index contributed by atoms with van der Waals surface area (Å²) in [6, 6.07) is -0.860. The third-order valence-corrected chi connectivity index (χ3v) is 13.3. The van der Waals surface area contributed by atoms with Gasteiger partial charge in [0, 0.05) is 6.42 Å². The highest BCUT2D eigenvalue weighted by molar-refractivity contribution is 7.47. The van der Waals surface area contributed by atoms with Gasteiger partial charge in [-0.05, 0) is 64.2 Å². The number of aliphatic hydroxyl groups is 1. The van der Waals surface area contributed by atoms with Crippen molar-refractivity contribution in [1.29, 1.82) is 0 Å². The van der Waals surface area contributed by atoms with Crippen LogP contribution in [0.25, 0.3) is 0 Å². The average Bonchev–Trinajstić information content (AvgIpc) is 3.26. The minimum Gasteiger partial charge on any atom is -0.387 e. The first-order valence-corrected chi connectivity index (χ1v) is 29.0. The Hall–Kier alpha value is -1.54. The number of aliphatic hydroxyl groups excluding tert-OH is 1. The number of phosphoric ester groups is 1. The van der Waals surface area contributed by atoms with Crippen LogP contribution in [0.15, 0.2) is 48.6 Å². The number of nitrogens with zero attached hydrogens (tertiary/aromatic N) is 1. The van der Waals surface area contributed by atoms with Crippen molar-refractivity contribution in [3.8, 4) is 0 Å². The molecule has 3 atom stereocenters. The van der Waals surface area contributed by atoms with Gasteiger partial charge >= 0.3 is 7.82 Å². The largest absolute Gasteiger partial charge is 0.472 e. The van der Waals surface area contributed by atoms with E-state index in [1.165, 1.54) is 186 Å². The lowest BCUT2D eigenvalue weighted by Gasteiger charge is -2.25. The molecule has 65 heavy (non-hydrogen) atoms. The van der Waals surface area contributed by atoms with E-state index in [0.717, 1.165) is 44.9 Å². The Morgan fingerprint density at radius 3 is 1.34 bits per heavy atom.